The second-order valence-electron chi connectivity index (χ2n) is 4.46. The van der Waals surface area contributed by atoms with E-state index in [9.17, 15) is 0 Å². The summed E-state index contributed by atoms with van der Waals surface area (Å²) in [4.78, 5) is 7.89. The van der Waals surface area contributed by atoms with Crippen molar-refractivity contribution in [3.8, 4) is 0 Å². The first-order valence-electron chi connectivity index (χ1n) is 6.24. The summed E-state index contributed by atoms with van der Waals surface area (Å²) >= 11 is 5.82. The molecular formula is C14H17ClN4. The van der Waals surface area contributed by atoms with Gasteiger partial charge in [0.1, 0.15) is 11.0 Å². The van der Waals surface area contributed by atoms with Gasteiger partial charge >= 0.3 is 0 Å². The number of halogens is 1. The maximum atomic E-state index is 5.82. The van der Waals surface area contributed by atoms with Crippen LogP contribution < -0.4 is 11.1 Å². The van der Waals surface area contributed by atoms with Crippen LogP contribution in [0.3, 0.4) is 0 Å². The Bertz CT molecular complexity index is 510. The van der Waals surface area contributed by atoms with Crippen molar-refractivity contribution >= 4 is 23.4 Å². The van der Waals surface area contributed by atoms with Crippen LogP contribution in [0.2, 0.25) is 5.15 Å². The summed E-state index contributed by atoms with van der Waals surface area (Å²) in [7, 11) is 0. The molecule has 0 saturated carbocycles. The topological polar surface area (TPSA) is 63.8 Å². The van der Waals surface area contributed by atoms with Crippen molar-refractivity contribution in [2.24, 2.45) is 0 Å². The number of hydrogen-bond acceptors (Lipinski definition) is 4. The van der Waals surface area contributed by atoms with E-state index >= 15 is 0 Å². The van der Waals surface area contributed by atoms with Gasteiger partial charge in [-0.3, -0.25) is 0 Å². The molecule has 2 rings (SSSR count). The molecule has 0 aliphatic rings. The highest BCUT2D eigenvalue weighted by molar-refractivity contribution is 6.29. The molecule has 0 bridgehead atoms. The first kappa shape index (κ1) is 13.6. The van der Waals surface area contributed by atoms with Crippen molar-refractivity contribution < 1.29 is 0 Å². The molecule has 5 heteroatoms. The lowest BCUT2D eigenvalue weighted by Gasteiger charge is -2.12. The highest BCUT2D eigenvalue weighted by Gasteiger charge is 2.05. The Morgan fingerprint density at radius 1 is 1.26 bits per heavy atom. The van der Waals surface area contributed by atoms with E-state index in [0.717, 1.165) is 13.0 Å². The minimum atomic E-state index is 0.186. The first-order chi connectivity index (χ1) is 9.15. The molecule has 1 aromatic heterocycles. The molecular weight excluding hydrogens is 260 g/mol. The summed E-state index contributed by atoms with van der Waals surface area (Å²) < 4.78 is 0. The van der Waals surface area contributed by atoms with E-state index in [0.29, 0.717) is 16.9 Å². The Kier molecular flexibility index (Phi) is 4.58. The monoisotopic (exact) mass is 276 g/mol. The fourth-order valence-electron chi connectivity index (χ4n) is 1.89. The maximum absolute atomic E-state index is 5.82. The normalized spacial score (nSPS) is 12.1. The number of nitrogen functional groups attached to an aromatic ring is 1. The molecule has 19 heavy (non-hydrogen) atoms. The maximum Gasteiger partial charge on any atom is 0.223 e. The van der Waals surface area contributed by atoms with Gasteiger partial charge in [-0.25, -0.2) is 4.98 Å². The lowest BCUT2D eigenvalue weighted by molar-refractivity contribution is 0.705. The lowest BCUT2D eigenvalue weighted by Crippen LogP contribution is -2.08. The molecule has 1 heterocycles. The van der Waals surface area contributed by atoms with Gasteiger partial charge in [0.25, 0.3) is 0 Å². The summed E-state index contributed by atoms with van der Waals surface area (Å²) in [6.07, 6.45) is 1.01. The van der Waals surface area contributed by atoms with Crippen molar-refractivity contribution in [1.82, 2.24) is 9.97 Å². The number of aromatic nitrogens is 2. The van der Waals surface area contributed by atoms with E-state index in [4.69, 9.17) is 17.3 Å². The zero-order valence-electron chi connectivity index (χ0n) is 10.8. The standard InChI is InChI=1S/C14H17ClN4/c1-10(11-5-3-2-4-6-11)7-8-17-13-9-12(15)18-14(16)19-13/h2-6,9-10H,7-8H2,1H3,(H3,16,17,18,19). The van der Waals surface area contributed by atoms with Crippen molar-refractivity contribution in [1.29, 1.82) is 0 Å². The van der Waals surface area contributed by atoms with Crippen molar-refractivity contribution in [2.75, 3.05) is 17.6 Å². The SMILES string of the molecule is CC(CCNc1cc(Cl)nc(N)n1)c1ccccc1. The Morgan fingerprint density at radius 3 is 2.68 bits per heavy atom. The number of nitrogens with two attached hydrogens (primary N) is 1. The molecule has 3 N–H and O–H groups in total. The van der Waals surface area contributed by atoms with E-state index in [-0.39, 0.29) is 5.95 Å². The molecule has 1 atom stereocenters. The van der Waals surface area contributed by atoms with Crippen LogP contribution >= 0.6 is 11.6 Å². The van der Waals surface area contributed by atoms with Gasteiger partial charge in [0.05, 0.1) is 0 Å². The Morgan fingerprint density at radius 2 is 2.00 bits per heavy atom. The van der Waals surface area contributed by atoms with Crippen LogP contribution in [0.25, 0.3) is 0 Å². The third kappa shape index (κ3) is 4.10. The van der Waals surface area contributed by atoms with Crippen molar-refractivity contribution in [3.63, 3.8) is 0 Å². The van der Waals surface area contributed by atoms with Gasteiger partial charge in [-0.1, -0.05) is 48.9 Å². The van der Waals surface area contributed by atoms with Crippen LogP contribution in [0.1, 0.15) is 24.8 Å². The summed E-state index contributed by atoms with van der Waals surface area (Å²) in [5.74, 6) is 1.34. The molecule has 4 nitrogen and oxygen atoms in total. The van der Waals surface area contributed by atoms with Crippen LogP contribution in [-0.2, 0) is 0 Å². The molecule has 0 spiro atoms. The highest BCUT2D eigenvalue weighted by Crippen LogP contribution is 2.19. The molecule has 0 fully saturated rings. The predicted octanol–water partition coefficient (Wildman–Crippen LogP) is 3.32. The Hall–Kier alpha value is -1.81. The van der Waals surface area contributed by atoms with Crippen molar-refractivity contribution in [3.05, 3.63) is 47.1 Å². The van der Waals surface area contributed by atoms with Crippen molar-refractivity contribution in [2.45, 2.75) is 19.3 Å². The van der Waals surface area contributed by atoms with Gasteiger partial charge in [0.15, 0.2) is 0 Å². The van der Waals surface area contributed by atoms with Gasteiger partial charge in [0, 0.05) is 12.6 Å². The lowest BCUT2D eigenvalue weighted by atomic mass is 9.98. The van der Waals surface area contributed by atoms with Gasteiger partial charge in [0.2, 0.25) is 5.95 Å². The average Bonchev–Trinajstić information content (AvgIpc) is 2.38. The molecule has 2 aromatic rings. The molecule has 0 amide bonds. The average molecular weight is 277 g/mol. The van der Waals surface area contributed by atoms with Gasteiger partial charge in [-0.2, -0.15) is 4.98 Å². The third-order valence-corrected chi connectivity index (χ3v) is 3.16. The molecule has 0 aliphatic carbocycles. The van der Waals surface area contributed by atoms with Crippen LogP contribution in [0.4, 0.5) is 11.8 Å². The number of rotatable bonds is 5. The van der Waals surface area contributed by atoms with Gasteiger partial charge < -0.3 is 11.1 Å². The van der Waals surface area contributed by atoms with E-state index < -0.39 is 0 Å². The van der Waals surface area contributed by atoms with Gasteiger partial charge in [-0.15, -0.1) is 0 Å². The molecule has 1 unspecified atom stereocenters. The molecule has 0 saturated heterocycles. The minimum Gasteiger partial charge on any atom is -0.370 e. The van der Waals surface area contributed by atoms with E-state index in [1.165, 1.54) is 5.56 Å². The minimum absolute atomic E-state index is 0.186. The summed E-state index contributed by atoms with van der Waals surface area (Å²) in [5.41, 5.74) is 6.87. The molecule has 0 aliphatic heterocycles. The zero-order chi connectivity index (χ0) is 13.7. The summed E-state index contributed by atoms with van der Waals surface area (Å²) in [5, 5.41) is 3.56. The number of anilines is 2. The largest absolute Gasteiger partial charge is 0.370 e. The van der Waals surface area contributed by atoms with E-state index in [1.807, 2.05) is 6.07 Å². The van der Waals surface area contributed by atoms with Crippen LogP contribution in [0.5, 0.6) is 0 Å². The summed E-state index contributed by atoms with van der Waals surface area (Å²) in [6.45, 7) is 3.02. The summed E-state index contributed by atoms with van der Waals surface area (Å²) in [6, 6.07) is 12.1. The highest BCUT2D eigenvalue weighted by atomic mass is 35.5. The third-order valence-electron chi connectivity index (χ3n) is 2.96. The van der Waals surface area contributed by atoms with Crippen LogP contribution in [-0.4, -0.2) is 16.5 Å². The zero-order valence-corrected chi connectivity index (χ0v) is 11.6. The van der Waals surface area contributed by atoms with Gasteiger partial charge in [-0.05, 0) is 17.9 Å². The fourth-order valence-corrected chi connectivity index (χ4v) is 2.08. The smallest absolute Gasteiger partial charge is 0.223 e. The predicted molar refractivity (Wildman–Crippen MR) is 79.4 cm³/mol. The Balaban J connectivity index is 1.86. The molecule has 0 radical (unpaired) electrons. The van der Waals surface area contributed by atoms with E-state index in [2.05, 4.69) is 46.5 Å². The van der Waals surface area contributed by atoms with Crippen LogP contribution in [0.15, 0.2) is 36.4 Å². The number of nitrogens with zero attached hydrogens (tertiary/aromatic N) is 2. The number of nitrogens with one attached hydrogen (secondary N) is 1. The molecule has 100 valence electrons. The fraction of sp³-hybridized carbons (Fsp3) is 0.286. The van der Waals surface area contributed by atoms with E-state index in [1.54, 1.807) is 6.07 Å². The molecule has 1 aromatic carbocycles. The Labute approximate surface area is 118 Å². The number of benzene rings is 1. The quantitative estimate of drug-likeness (QED) is 0.823. The number of hydrogen-bond donors (Lipinski definition) is 2. The first-order valence-corrected chi connectivity index (χ1v) is 6.62. The second-order valence-corrected chi connectivity index (χ2v) is 4.85. The van der Waals surface area contributed by atoms with Crippen LogP contribution in [0, 0.1) is 0 Å². The second kappa shape index (κ2) is 6.38.